The third kappa shape index (κ3) is 4.17. The number of hydrogen-bond acceptors (Lipinski definition) is 4. The number of carboxylic acid groups (broad SMARTS) is 1. The van der Waals surface area contributed by atoms with Crippen LogP contribution in [0.5, 0.6) is 11.6 Å². The van der Waals surface area contributed by atoms with Crippen molar-refractivity contribution in [2.45, 2.75) is 26.8 Å². The first kappa shape index (κ1) is 14.8. The molecule has 0 spiro atoms. The predicted molar refractivity (Wildman–Crippen MR) is 78.2 cm³/mol. The van der Waals surface area contributed by atoms with Gasteiger partial charge in [-0.2, -0.15) is 5.10 Å². The number of hydrogen-bond donors (Lipinski definition) is 1. The van der Waals surface area contributed by atoms with Crippen molar-refractivity contribution in [1.82, 2.24) is 14.8 Å². The summed E-state index contributed by atoms with van der Waals surface area (Å²) in [6, 6.07) is 1.82. The zero-order chi connectivity index (χ0) is 15.2. The van der Waals surface area contributed by atoms with E-state index in [0.29, 0.717) is 17.2 Å². The van der Waals surface area contributed by atoms with Crippen molar-refractivity contribution in [2.24, 2.45) is 0 Å². The van der Waals surface area contributed by atoms with Crippen LogP contribution in [-0.2, 0) is 11.3 Å². The highest BCUT2D eigenvalue weighted by atomic mass is 16.5. The number of aromatic nitrogens is 3. The van der Waals surface area contributed by atoms with Gasteiger partial charge in [-0.15, -0.1) is 0 Å². The molecule has 0 aliphatic carbocycles. The molecule has 0 bridgehead atoms. The van der Waals surface area contributed by atoms with E-state index in [-0.39, 0.29) is 0 Å². The Hall–Kier alpha value is -2.63. The Morgan fingerprint density at radius 2 is 2.29 bits per heavy atom. The second-order valence-electron chi connectivity index (χ2n) is 4.60. The number of aliphatic carboxylic acids is 1. The molecule has 0 atom stereocenters. The molecule has 0 unspecified atom stereocenters. The van der Waals surface area contributed by atoms with Crippen LogP contribution in [0, 0.1) is 6.92 Å². The third-order valence-corrected chi connectivity index (χ3v) is 2.75. The molecule has 0 aliphatic heterocycles. The number of carboxylic acids is 1. The monoisotopic (exact) mass is 287 g/mol. The largest absolute Gasteiger partial charge is 0.478 e. The van der Waals surface area contributed by atoms with Gasteiger partial charge in [0.05, 0.1) is 12.4 Å². The predicted octanol–water partition coefficient (Wildman–Crippen LogP) is 2.89. The highest BCUT2D eigenvalue weighted by Crippen LogP contribution is 2.23. The third-order valence-electron chi connectivity index (χ3n) is 2.75. The molecule has 110 valence electrons. The van der Waals surface area contributed by atoms with Gasteiger partial charge in [0.1, 0.15) is 0 Å². The highest BCUT2D eigenvalue weighted by Gasteiger charge is 2.06. The number of nitrogens with zero attached hydrogens (tertiary/aromatic N) is 3. The van der Waals surface area contributed by atoms with E-state index in [1.807, 2.05) is 23.9 Å². The van der Waals surface area contributed by atoms with Crippen LogP contribution in [0.1, 0.15) is 24.5 Å². The summed E-state index contributed by atoms with van der Waals surface area (Å²) >= 11 is 0. The Morgan fingerprint density at radius 1 is 1.48 bits per heavy atom. The Morgan fingerprint density at radius 3 is 2.95 bits per heavy atom. The van der Waals surface area contributed by atoms with Gasteiger partial charge in [-0.1, -0.05) is 6.92 Å². The quantitative estimate of drug-likeness (QED) is 0.827. The Labute approximate surface area is 122 Å². The molecule has 6 heteroatoms. The van der Waals surface area contributed by atoms with E-state index in [9.17, 15) is 4.79 Å². The molecule has 0 fully saturated rings. The summed E-state index contributed by atoms with van der Waals surface area (Å²) in [5, 5.41) is 12.8. The van der Waals surface area contributed by atoms with E-state index >= 15 is 0 Å². The van der Waals surface area contributed by atoms with Gasteiger partial charge >= 0.3 is 5.97 Å². The van der Waals surface area contributed by atoms with Crippen molar-refractivity contribution < 1.29 is 14.6 Å². The summed E-state index contributed by atoms with van der Waals surface area (Å²) in [5.41, 5.74) is 1.54. The van der Waals surface area contributed by atoms with E-state index in [1.54, 1.807) is 12.4 Å². The smallest absolute Gasteiger partial charge is 0.328 e. The molecule has 6 nitrogen and oxygen atoms in total. The molecule has 0 amide bonds. The minimum Gasteiger partial charge on any atom is -0.478 e. The fraction of sp³-hybridized carbons (Fsp3) is 0.267. The lowest BCUT2D eigenvalue weighted by atomic mass is 10.2. The zero-order valence-electron chi connectivity index (χ0n) is 12.0. The summed E-state index contributed by atoms with van der Waals surface area (Å²) in [4.78, 5) is 14.7. The van der Waals surface area contributed by atoms with Crippen LogP contribution in [0.4, 0.5) is 0 Å². The van der Waals surface area contributed by atoms with Crippen molar-refractivity contribution in [2.75, 3.05) is 0 Å². The normalized spacial score (nSPS) is 11.0. The van der Waals surface area contributed by atoms with Crippen LogP contribution in [0.3, 0.4) is 0 Å². The molecule has 2 rings (SSSR count). The van der Waals surface area contributed by atoms with E-state index in [4.69, 9.17) is 9.84 Å². The molecular formula is C15H17N3O3. The summed E-state index contributed by atoms with van der Waals surface area (Å²) in [6.07, 6.45) is 8.61. The topological polar surface area (TPSA) is 77.2 Å². The summed E-state index contributed by atoms with van der Waals surface area (Å²) in [5.74, 6) is 0.128. The maximum Gasteiger partial charge on any atom is 0.328 e. The van der Waals surface area contributed by atoms with Crippen molar-refractivity contribution in [3.8, 4) is 11.6 Å². The molecule has 21 heavy (non-hydrogen) atoms. The Balaban J connectivity index is 2.11. The molecule has 2 aromatic rings. The van der Waals surface area contributed by atoms with Gasteiger partial charge < -0.3 is 9.84 Å². The van der Waals surface area contributed by atoms with Gasteiger partial charge in [0.15, 0.2) is 5.75 Å². The standard InChI is InChI=1S/C15H17N3O3/c1-3-6-18-10-13(9-17-18)21-15-11(2)7-12(8-16-15)4-5-14(19)20/h4-5,7-10H,3,6H2,1-2H3,(H,19,20)/b5-4+. The molecule has 0 aliphatic rings. The Kier molecular flexibility index (Phi) is 4.71. The van der Waals surface area contributed by atoms with Gasteiger partial charge in [-0.25, -0.2) is 9.78 Å². The van der Waals surface area contributed by atoms with E-state index in [0.717, 1.165) is 24.6 Å². The first-order valence-corrected chi connectivity index (χ1v) is 6.66. The first-order valence-electron chi connectivity index (χ1n) is 6.66. The fourth-order valence-electron chi connectivity index (χ4n) is 1.81. The van der Waals surface area contributed by atoms with Crippen LogP contribution >= 0.6 is 0 Å². The van der Waals surface area contributed by atoms with Crippen molar-refractivity contribution >= 4 is 12.0 Å². The number of aryl methyl sites for hydroxylation is 2. The van der Waals surface area contributed by atoms with Crippen LogP contribution in [-0.4, -0.2) is 25.8 Å². The fourth-order valence-corrected chi connectivity index (χ4v) is 1.81. The van der Waals surface area contributed by atoms with Gasteiger partial charge in [0.2, 0.25) is 5.88 Å². The van der Waals surface area contributed by atoms with Gasteiger partial charge in [0, 0.05) is 24.4 Å². The molecule has 0 saturated carbocycles. The number of pyridine rings is 1. The van der Waals surface area contributed by atoms with Crippen LogP contribution in [0.15, 0.2) is 30.7 Å². The van der Waals surface area contributed by atoms with E-state index < -0.39 is 5.97 Å². The van der Waals surface area contributed by atoms with Crippen molar-refractivity contribution in [1.29, 1.82) is 0 Å². The zero-order valence-corrected chi connectivity index (χ0v) is 12.0. The van der Waals surface area contributed by atoms with E-state index in [2.05, 4.69) is 17.0 Å². The van der Waals surface area contributed by atoms with Gasteiger partial charge in [-0.3, -0.25) is 4.68 Å². The van der Waals surface area contributed by atoms with Gasteiger partial charge in [-0.05, 0) is 31.1 Å². The summed E-state index contributed by atoms with van der Waals surface area (Å²) < 4.78 is 7.50. The number of ether oxygens (including phenoxy) is 1. The van der Waals surface area contributed by atoms with Crippen LogP contribution < -0.4 is 4.74 Å². The first-order chi connectivity index (χ1) is 10.1. The lowest BCUT2D eigenvalue weighted by Gasteiger charge is -2.05. The van der Waals surface area contributed by atoms with Crippen LogP contribution in [0.2, 0.25) is 0 Å². The second-order valence-corrected chi connectivity index (χ2v) is 4.60. The molecular weight excluding hydrogens is 270 g/mol. The summed E-state index contributed by atoms with van der Waals surface area (Å²) in [7, 11) is 0. The molecule has 1 N–H and O–H groups in total. The number of carbonyl (C=O) groups is 1. The summed E-state index contributed by atoms with van der Waals surface area (Å²) in [6.45, 7) is 4.78. The molecule has 2 aromatic heterocycles. The van der Waals surface area contributed by atoms with Crippen molar-refractivity contribution in [3.05, 3.63) is 41.9 Å². The maximum atomic E-state index is 10.5. The average Bonchev–Trinajstić information content (AvgIpc) is 2.87. The van der Waals surface area contributed by atoms with E-state index in [1.165, 1.54) is 6.08 Å². The minimum absolute atomic E-state index is 0.485. The molecule has 0 aromatic carbocycles. The maximum absolute atomic E-state index is 10.5. The lowest BCUT2D eigenvalue weighted by molar-refractivity contribution is -0.131. The highest BCUT2D eigenvalue weighted by molar-refractivity contribution is 5.85. The number of rotatable bonds is 6. The minimum atomic E-state index is -0.990. The average molecular weight is 287 g/mol. The Bertz CT molecular complexity index is 662. The van der Waals surface area contributed by atoms with Crippen molar-refractivity contribution in [3.63, 3.8) is 0 Å². The molecule has 0 radical (unpaired) electrons. The molecule has 0 saturated heterocycles. The van der Waals surface area contributed by atoms with Gasteiger partial charge in [0.25, 0.3) is 0 Å². The van der Waals surface area contributed by atoms with Crippen LogP contribution in [0.25, 0.3) is 6.08 Å². The lowest BCUT2D eigenvalue weighted by Crippen LogP contribution is -1.95. The second kappa shape index (κ2) is 6.69. The SMILES string of the molecule is CCCn1cc(Oc2ncc(/C=C/C(=O)O)cc2C)cn1. The molecule has 2 heterocycles.